The fourth-order valence-corrected chi connectivity index (χ4v) is 3.38. The van der Waals surface area contributed by atoms with Crippen LogP contribution >= 0.6 is 0 Å². The second-order valence-corrected chi connectivity index (χ2v) is 6.36. The molecule has 1 aliphatic rings. The van der Waals surface area contributed by atoms with E-state index in [-0.39, 0.29) is 0 Å². The molecule has 1 aromatic heterocycles. The topological polar surface area (TPSA) is 37.8 Å². The Bertz CT molecular complexity index is 800. The molecule has 3 heteroatoms. The number of hydrogen-bond donors (Lipinski definition) is 1. The van der Waals surface area contributed by atoms with Crippen LogP contribution in [0.3, 0.4) is 0 Å². The van der Waals surface area contributed by atoms with Gasteiger partial charge in [0.2, 0.25) is 5.95 Å². The van der Waals surface area contributed by atoms with Gasteiger partial charge in [-0.05, 0) is 41.9 Å². The van der Waals surface area contributed by atoms with Crippen molar-refractivity contribution in [2.45, 2.75) is 31.7 Å². The first kappa shape index (κ1) is 14.9. The van der Waals surface area contributed by atoms with Crippen LogP contribution in [0.4, 0.5) is 5.95 Å². The maximum atomic E-state index is 4.73. The Morgan fingerprint density at radius 1 is 0.958 bits per heavy atom. The summed E-state index contributed by atoms with van der Waals surface area (Å²) < 4.78 is 0. The van der Waals surface area contributed by atoms with Gasteiger partial charge in [0.1, 0.15) is 0 Å². The standard InChI is InChI=1S/C21H21N3/c1-3-7-16(8-4-1)14-22-21-23-15-19-13-18(11-12-20(19)24-21)17-9-5-2-6-10-17/h1-10,15,18H,11-14H2,(H,22,23,24). The van der Waals surface area contributed by atoms with Crippen molar-refractivity contribution >= 4 is 5.95 Å². The van der Waals surface area contributed by atoms with E-state index in [9.17, 15) is 0 Å². The smallest absolute Gasteiger partial charge is 0.223 e. The summed E-state index contributed by atoms with van der Waals surface area (Å²) in [4.78, 5) is 9.25. The number of nitrogens with zero attached hydrogens (tertiary/aromatic N) is 2. The SMILES string of the molecule is c1ccc(CNc2ncc3c(n2)CCC(c2ccccc2)C3)cc1. The number of nitrogens with one attached hydrogen (secondary N) is 1. The van der Waals surface area contributed by atoms with Crippen LogP contribution in [0.1, 0.15) is 34.7 Å². The lowest BCUT2D eigenvalue weighted by Crippen LogP contribution is -2.16. The third kappa shape index (κ3) is 3.30. The summed E-state index contributed by atoms with van der Waals surface area (Å²) in [6, 6.07) is 21.1. The highest BCUT2D eigenvalue weighted by atomic mass is 15.1. The maximum Gasteiger partial charge on any atom is 0.223 e. The van der Waals surface area contributed by atoms with E-state index in [1.807, 2.05) is 12.3 Å². The molecule has 1 unspecified atom stereocenters. The summed E-state index contributed by atoms with van der Waals surface area (Å²) in [5, 5.41) is 3.33. The minimum Gasteiger partial charge on any atom is -0.350 e. The van der Waals surface area contributed by atoms with Crippen LogP contribution < -0.4 is 5.32 Å². The van der Waals surface area contributed by atoms with Crippen LogP contribution in [0.2, 0.25) is 0 Å². The Morgan fingerprint density at radius 2 is 1.71 bits per heavy atom. The van der Waals surface area contributed by atoms with E-state index in [0.29, 0.717) is 5.92 Å². The maximum absolute atomic E-state index is 4.73. The molecule has 0 saturated heterocycles. The van der Waals surface area contributed by atoms with Crippen molar-refractivity contribution in [1.29, 1.82) is 0 Å². The average molecular weight is 315 g/mol. The summed E-state index contributed by atoms with van der Waals surface area (Å²) >= 11 is 0. The van der Waals surface area contributed by atoms with E-state index >= 15 is 0 Å². The van der Waals surface area contributed by atoms with Crippen molar-refractivity contribution < 1.29 is 0 Å². The lowest BCUT2D eigenvalue weighted by Gasteiger charge is -2.24. The molecule has 120 valence electrons. The zero-order valence-electron chi connectivity index (χ0n) is 13.7. The summed E-state index contributed by atoms with van der Waals surface area (Å²) in [5.74, 6) is 1.32. The zero-order valence-corrected chi connectivity index (χ0v) is 13.7. The third-order valence-corrected chi connectivity index (χ3v) is 4.71. The molecule has 0 radical (unpaired) electrons. The molecular weight excluding hydrogens is 294 g/mol. The van der Waals surface area contributed by atoms with Gasteiger partial charge < -0.3 is 5.32 Å². The van der Waals surface area contributed by atoms with Gasteiger partial charge in [-0.25, -0.2) is 9.97 Å². The molecule has 2 aromatic carbocycles. The monoisotopic (exact) mass is 315 g/mol. The number of aromatic nitrogens is 2. The summed E-state index contributed by atoms with van der Waals surface area (Å²) in [7, 11) is 0. The highest BCUT2D eigenvalue weighted by Crippen LogP contribution is 2.31. The summed E-state index contributed by atoms with van der Waals surface area (Å²) in [6.45, 7) is 0.756. The quantitative estimate of drug-likeness (QED) is 0.777. The van der Waals surface area contributed by atoms with E-state index in [1.165, 1.54) is 22.4 Å². The number of anilines is 1. The molecule has 3 nitrogen and oxygen atoms in total. The van der Waals surface area contributed by atoms with Crippen molar-refractivity contribution in [3.63, 3.8) is 0 Å². The van der Waals surface area contributed by atoms with E-state index in [4.69, 9.17) is 4.98 Å². The van der Waals surface area contributed by atoms with Gasteiger partial charge in [-0.3, -0.25) is 0 Å². The molecule has 0 amide bonds. The summed E-state index contributed by atoms with van der Waals surface area (Å²) in [6.07, 6.45) is 5.23. The highest BCUT2D eigenvalue weighted by molar-refractivity contribution is 5.35. The number of aryl methyl sites for hydroxylation is 1. The number of hydrogen-bond acceptors (Lipinski definition) is 3. The Morgan fingerprint density at radius 3 is 2.50 bits per heavy atom. The van der Waals surface area contributed by atoms with Crippen LogP contribution in [0.15, 0.2) is 66.9 Å². The van der Waals surface area contributed by atoms with Gasteiger partial charge in [-0.2, -0.15) is 0 Å². The summed E-state index contributed by atoms with van der Waals surface area (Å²) in [5.41, 5.74) is 5.16. The first-order valence-corrected chi connectivity index (χ1v) is 8.56. The van der Waals surface area contributed by atoms with Gasteiger partial charge in [-0.15, -0.1) is 0 Å². The van der Waals surface area contributed by atoms with Gasteiger partial charge in [0.05, 0.1) is 0 Å². The predicted octanol–water partition coefficient (Wildman–Crippen LogP) is 4.36. The van der Waals surface area contributed by atoms with Crippen molar-refractivity contribution in [2.75, 3.05) is 5.32 Å². The molecule has 3 aromatic rings. The minimum absolute atomic E-state index is 0.588. The normalized spacial score (nSPS) is 16.4. The number of rotatable bonds is 4. The van der Waals surface area contributed by atoms with Crippen LogP contribution in [-0.4, -0.2) is 9.97 Å². The predicted molar refractivity (Wildman–Crippen MR) is 97.0 cm³/mol. The average Bonchev–Trinajstić information content (AvgIpc) is 2.67. The van der Waals surface area contributed by atoms with Crippen LogP contribution in [0, 0.1) is 0 Å². The molecule has 0 aliphatic heterocycles. The second kappa shape index (κ2) is 6.83. The Labute approximate surface area is 142 Å². The Balaban J connectivity index is 1.45. The highest BCUT2D eigenvalue weighted by Gasteiger charge is 2.21. The number of benzene rings is 2. The van der Waals surface area contributed by atoms with Gasteiger partial charge in [0.25, 0.3) is 0 Å². The lowest BCUT2D eigenvalue weighted by atomic mass is 9.83. The van der Waals surface area contributed by atoms with Crippen LogP contribution in [-0.2, 0) is 19.4 Å². The Kier molecular flexibility index (Phi) is 4.24. The fraction of sp³-hybridized carbons (Fsp3) is 0.238. The molecule has 24 heavy (non-hydrogen) atoms. The second-order valence-electron chi connectivity index (χ2n) is 6.36. The molecule has 4 rings (SSSR count). The molecule has 0 saturated carbocycles. The first-order chi connectivity index (χ1) is 11.9. The van der Waals surface area contributed by atoms with E-state index in [0.717, 1.165) is 31.8 Å². The minimum atomic E-state index is 0.588. The van der Waals surface area contributed by atoms with E-state index < -0.39 is 0 Å². The third-order valence-electron chi connectivity index (χ3n) is 4.71. The van der Waals surface area contributed by atoms with Crippen molar-refractivity contribution in [1.82, 2.24) is 9.97 Å². The molecule has 1 aliphatic carbocycles. The van der Waals surface area contributed by atoms with Gasteiger partial charge in [0, 0.05) is 18.4 Å². The first-order valence-electron chi connectivity index (χ1n) is 8.56. The number of fused-ring (bicyclic) bond motifs is 1. The molecule has 1 heterocycles. The van der Waals surface area contributed by atoms with Gasteiger partial charge in [0.15, 0.2) is 0 Å². The zero-order chi connectivity index (χ0) is 16.2. The van der Waals surface area contributed by atoms with Crippen molar-refractivity contribution in [3.8, 4) is 0 Å². The Hall–Kier alpha value is -2.68. The van der Waals surface area contributed by atoms with Crippen LogP contribution in [0.5, 0.6) is 0 Å². The molecule has 0 bridgehead atoms. The molecule has 1 atom stereocenters. The lowest BCUT2D eigenvalue weighted by molar-refractivity contribution is 0.571. The van der Waals surface area contributed by atoms with Crippen molar-refractivity contribution in [3.05, 3.63) is 89.2 Å². The molecular formula is C21H21N3. The fourth-order valence-electron chi connectivity index (χ4n) is 3.38. The molecule has 0 spiro atoms. The van der Waals surface area contributed by atoms with Gasteiger partial charge in [-0.1, -0.05) is 60.7 Å². The molecule has 1 N–H and O–H groups in total. The van der Waals surface area contributed by atoms with Gasteiger partial charge >= 0.3 is 0 Å². The van der Waals surface area contributed by atoms with Crippen LogP contribution in [0.25, 0.3) is 0 Å². The molecule has 0 fully saturated rings. The van der Waals surface area contributed by atoms with E-state index in [1.54, 1.807) is 0 Å². The largest absolute Gasteiger partial charge is 0.350 e. The van der Waals surface area contributed by atoms with E-state index in [2.05, 4.69) is 64.9 Å². The van der Waals surface area contributed by atoms with Crippen molar-refractivity contribution in [2.24, 2.45) is 0 Å².